The van der Waals surface area contributed by atoms with E-state index in [-0.39, 0.29) is 25.2 Å². The maximum absolute atomic E-state index is 8.71. The summed E-state index contributed by atoms with van der Waals surface area (Å²) in [7, 11) is 4.47. The maximum atomic E-state index is 8.71. The number of ether oxygens (including phenoxy) is 3. The summed E-state index contributed by atoms with van der Waals surface area (Å²) in [5.74, 6) is 3.73. The summed E-state index contributed by atoms with van der Waals surface area (Å²) in [5.41, 5.74) is 13.3. The third kappa shape index (κ3) is 28.2. The lowest BCUT2D eigenvalue weighted by molar-refractivity contribution is 0.322. The molecule has 0 aromatic carbocycles. The van der Waals surface area contributed by atoms with Crippen LogP contribution in [0.2, 0.25) is 0 Å². The zero-order valence-corrected chi connectivity index (χ0v) is 58.6. The molecule has 55 heteroatoms. The highest BCUT2D eigenvalue weighted by Gasteiger charge is 2.09. The number of methoxy groups -OCH3 is 3. The number of aryl methyl sites for hydroxylation is 2. The van der Waals surface area contributed by atoms with Gasteiger partial charge in [0.1, 0.15) is 10.8 Å². The zero-order valence-electron chi connectivity index (χ0n) is 46.4. The van der Waals surface area contributed by atoms with E-state index in [1.165, 1.54) is 114 Å². The Kier molecular flexibility index (Phi) is 33.7. The van der Waals surface area contributed by atoms with E-state index in [0.717, 1.165) is 88.0 Å². The summed E-state index contributed by atoms with van der Waals surface area (Å²) in [6, 6.07) is 0.849. The summed E-state index contributed by atoms with van der Waals surface area (Å²) in [5, 5.41) is 86.5. The van der Waals surface area contributed by atoms with Crippen LogP contribution in [0, 0.1) is 13.8 Å². The van der Waals surface area contributed by atoms with Crippen LogP contribution < -0.4 is 41.3 Å². The summed E-state index contributed by atoms with van der Waals surface area (Å²) in [6.07, 6.45) is 1.91. The number of hydrogen-bond acceptors (Lipinski definition) is 50. The van der Waals surface area contributed by atoms with Crippen LogP contribution in [-0.4, -0.2) is 170 Å². The normalized spacial score (nSPS) is 11.1. The van der Waals surface area contributed by atoms with Crippen LogP contribution in [-0.2, 0) is 0 Å². The lowest BCUT2D eigenvalue weighted by atomic mass is 10.8. The molecule has 0 aliphatic rings. The molecule has 10 rings (SSSR count). The van der Waals surface area contributed by atoms with Gasteiger partial charge in [0.2, 0.25) is 41.1 Å². The van der Waals surface area contributed by atoms with Crippen molar-refractivity contribution >= 4 is 225 Å². The number of aliphatic hydroxyl groups is 2. The second-order valence-electron chi connectivity index (χ2n) is 13.6. The van der Waals surface area contributed by atoms with Crippen molar-refractivity contribution in [3.8, 4) is 18.0 Å². The average molecular weight is 1500 g/mol. The number of nitrogens with one attached hydrogen (secondary N) is 5. The molecule has 0 saturated carbocycles. The smallest absolute Gasteiger partial charge is 0.330 e. The maximum Gasteiger partial charge on any atom is 0.330 e. The molecule has 0 atom stereocenters. The van der Waals surface area contributed by atoms with Crippen LogP contribution >= 0.6 is 174 Å². The Hall–Kier alpha value is -6.33. The van der Waals surface area contributed by atoms with Gasteiger partial charge in [-0.25, -0.2) is 32.1 Å². The number of anilines is 5. The van der Waals surface area contributed by atoms with E-state index in [1.807, 2.05) is 20.1 Å². The van der Waals surface area contributed by atoms with Crippen molar-refractivity contribution in [2.75, 3.05) is 90.9 Å². The molecule has 89 heavy (non-hydrogen) atoms. The number of aliphatic hydroxyl groups excluding tert-OH is 2. The van der Waals surface area contributed by atoms with Crippen LogP contribution in [0.3, 0.4) is 0 Å². The van der Waals surface area contributed by atoms with Crippen molar-refractivity contribution in [3.05, 3.63) is 10.8 Å². The minimum absolute atomic E-state index is 0.0793. The van der Waals surface area contributed by atoms with Crippen molar-refractivity contribution in [3.63, 3.8) is 0 Å². The number of nitrogens with zero attached hydrogens (tertiary/aromatic N) is 30. The molecule has 40 nitrogen and oxygen atoms in total. The van der Waals surface area contributed by atoms with Gasteiger partial charge < -0.3 is 24.4 Å². The summed E-state index contributed by atoms with van der Waals surface area (Å²) in [4.78, 5) is 28.3. The zero-order chi connectivity index (χ0) is 63.3. The fourth-order valence-electron chi connectivity index (χ4n) is 4.30. The Morgan fingerprint density at radius 2 is 0.787 bits per heavy atom. The van der Waals surface area contributed by atoms with Crippen LogP contribution in [0.1, 0.15) is 24.7 Å². The molecule has 7 N–H and O–H groups in total. The quantitative estimate of drug-likeness (QED) is 0.0130. The molecule has 10 aromatic rings. The first-order chi connectivity index (χ1) is 43.5. The third-order valence-electron chi connectivity index (χ3n) is 7.57. The van der Waals surface area contributed by atoms with Crippen LogP contribution in [0.25, 0.3) is 0 Å². The number of hydrogen-bond donors (Lipinski definition) is 7. The third-order valence-corrected chi connectivity index (χ3v) is 18.8. The standard InChI is InChI=1S/C8H11N7O2S4.C7H9N7OS3.C7H9N7S3.C6H7N7O2S2.C6H7N7S3/c16-1-3-18-7-9-5(20-13-7)11-15-12-6-10-8(14-21-6)19-4-2-17;1-3-16-7-12-9-6(17-7)11-14-10-5-8-4(15-2)13-18-5;1-3-15-7-12-9-6(16-7)11-14-10-5-8-4(2)13-17-5;1-14-3-7-5(16-11-3)9-13-10-6-8-4(15-2)12-17-6;1-3-8-9-6(15-3)11-13-10-4-7-5(14-2)12-16-4/h16-17H,1-4H2,(H,9,10,11,12,13,14);3H2,1-2H3,(H,8,9,10,11,13);3H2,1-2H3,(H,8,9,10,11,13);1-2H3,(H,7,8,9,10,11,12);1-2H3,(H,7,9,10,11,12). The van der Waals surface area contributed by atoms with Crippen LogP contribution in [0.15, 0.2) is 75.8 Å². The van der Waals surface area contributed by atoms with Crippen molar-refractivity contribution in [2.45, 2.75) is 51.8 Å². The van der Waals surface area contributed by atoms with E-state index in [0.29, 0.717) is 85.0 Å². The van der Waals surface area contributed by atoms with Gasteiger partial charge in [0.25, 0.3) is 25.7 Å². The van der Waals surface area contributed by atoms with Gasteiger partial charge in [-0.3, -0.25) is 0 Å². The van der Waals surface area contributed by atoms with Gasteiger partial charge in [-0.1, -0.05) is 158 Å². The van der Waals surface area contributed by atoms with Crippen molar-refractivity contribution in [1.29, 1.82) is 0 Å². The van der Waals surface area contributed by atoms with Gasteiger partial charge in [-0.05, 0) is 31.6 Å². The Balaban J connectivity index is 0.000000178. The lowest BCUT2D eigenvalue weighted by Gasteiger charge is -1.90. The first kappa shape index (κ1) is 71.7. The van der Waals surface area contributed by atoms with Gasteiger partial charge in [0.05, 0.1) is 34.5 Å². The van der Waals surface area contributed by atoms with E-state index in [2.05, 4.69) is 189 Å². The molecule has 0 unspecified atom stereocenters. The van der Waals surface area contributed by atoms with Gasteiger partial charge in [-0.2, -0.15) is 47.4 Å². The molecule has 0 radical (unpaired) electrons. The molecular formula is C34H43N35O5S15. The molecule has 0 fully saturated rings. The SMILES string of the molecule is CCSc1nnc(N=NNc2nc(C)ns2)s1.CCSc1nnc(N=NNc2nc(OC)ns2)s1.COc1nsc(N=NNc2nc(OC)ns2)n1.CSc1nsc(NN=Nc2nnc(C)s2)n1.OCCSc1nsc(N=NNc2nc(SCCO)ns2)n1. The van der Waals surface area contributed by atoms with Crippen molar-refractivity contribution in [1.82, 2.24) is 96.1 Å². The highest BCUT2D eigenvalue weighted by Crippen LogP contribution is 2.30. The van der Waals surface area contributed by atoms with E-state index < -0.39 is 0 Å². The molecule has 10 aromatic heterocycles. The Bertz CT molecular complexity index is 3700. The number of rotatable bonds is 29. The van der Waals surface area contributed by atoms with Gasteiger partial charge in [0, 0.05) is 92.2 Å². The molecule has 0 amide bonds. The molecule has 474 valence electrons. The number of thioether (sulfide) groups is 5. The monoisotopic (exact) mass is 1500 g/mol. The topological polar surface area (TPSA) is 510 Å². The second-order valence-corrected chi connectivity index (χ2v) is 27.8. The molecule has 0 aliphatic heterocycles. The van der Waals surface area contributed by atoms with E-state index in [9.17, 15) is 0 Å². The Morgan fingerprint density at radius 1 is 0.404 bits per heavy atom. The van der Waals surface area contributed by atoms with Crippen LogP contribution in [0.5, 0.6) is 18.0 Å². The highest BCUT2D eigenvalue weighted by atomic mass is 32.2. The fourth-order valence-corrected chi connectivity index (χ4v) is 13.4. The minimum Gasteiger partial charge on any atom is -0.466 e. The van der Waals surface area contributed by atoms with Crippen LogP contribution in [0.4, 0.5) is 51.3 Å². The van der Waals surface area contributed by atoms with Crippen molar-refractivity contribution in [2.24, 2.45) is 51.7 Å². The first-order valence-corrected chi connectivity index (χ1v) is 36.6. The van der Waals surface area contributed by atoms with Gasteiger partial charge in [-0.15, -0.1) is 43.7 Å². The molecule has 10 heterocycles. The van der Waals surface area contributed by atoms with Crippen molar-refractivity contribution < 1.29 is 24.4 Å². The molecule has 0 aliphatic carbocycles. The summed E-state index contributed by atoms with van der Waals surface area (Å²) >= 11 is 19.7. The molecule has 0 bridgehead atoms. The Morgan fingerprint density at radius 3 is 1.21 bits per heavy atom. The van der Waals surface area contributed by atoms with E-state index in [4.69, 9.17) is 24.4 Å². The molecule has 0 saturated heterocycles. The van der Waals surface area contributed by atoms with Gasteiger partial charge >= 0.3 is 18.0 Å². The van der Waals surface area contributed by atoms with E-state index in [1.54, 1.807) is 23.5 Å². The second kappa shape index (κ2) is 41.9. The lowest BCUT2D eigenvalue weighted by Crippen LogP contribution is -1.88. The fraction of sp³-hybridized carbons (Fsp3) is 0.412. The predicted octanol–water partition coefficient (Wildman–Crippen LogP) is 11.3. The summed E-state index contributed by atoms with van der Waals surface area (Å²) in [6.45, 7) is 7.96. The highest BCUT2D eigenvalue weighted by molar-refractivity contribution is 8.01. The average Bonchev–Trinajstić information content (AvgIpc) is 4.50. The largest absolute Gasteiger partial charge is 0.466 e. The molecular weight excluding hydrogens is 1460 g/mol. The Labute approximate surface area is 563 Å². The number of aromatic nitrogens is 20. The predicted molar refractivity (Wildman–Crippen MR) is 349 cm³/mol. The van der Waals surface area contributed by atoms with Gasteiger partial charge in [0.15, 0.2) is 8.68 Å². The first-order valence-electron chi connectivity index (χ1n) is 23.5. The van der Waals surface area contributed by atoms with E-state index >= 15 is 0 Å². The minimum atomic E-state index is 0.0793. The molecule has 0 spiro atoms. The summed E-state index contributed by atoms with van der Waals surface area (Å²) < 4.78 is 44.1.